The van der Waals surface area contributed by atoms with Gasteiger partial charge in [0.2, 0.25) is 0 Å². The van der Waals surface area contributed by atoms with E-state index in [1.54, 1.807) is 7.11 Å². The second-order valence-electron chi connectivity index (χ2n) is 4.90. The molecule has 1 aromatic carbocycles. The average Bonchev–Trinajstić information content (AvgIpc) is 2.39. The van der Waals surface area contributed by atoms with Gasteiger partial charge in [-0.2, -0.15) is 0 Å². The zero-order valence-electron chi connectivity index (χ0n) is 11.0. The molecule has 0 aliphatic carbocycles. The van der Waals surface area contributed by atoms with E-state index in [-0.39, 0.29) is 6.10 Å². The van der Waals surface area contributed by atoms with E-state index in [9.17, 15) is 5.11 Å². The molecular weight excluding hydrogens is 228 g/mol. The normalized spacial score (nSPS) is 20.0. The highest BCUT2D eigenvalue weighted by molar-refractivity contribution is 5.37. The molecule has 1 N–H and O–H groups in total. The summed E-state index contributed by atoms with van der Waals surface area (Å²) in [5, 5.41) is 10.1. The van der Waals surface area contributed by atoms with Gasteiger partial charge in [-0.1, -0.05) is 18.2 Å². The molecule has 1 aliphatic rings. The van der Waals surface area contributed by atoms with E-state index in [0.717, 1.165) is 44.6 Å². The van der Waals surface area contributed by atoms with Crippen molar-refractivity contribution in [2.24, 2.45) is 0 Å². The fourth-order valence-electron chi connectivity index (χ4n) is 2.57. The molecule has 1 aromatic rings. The van der Waals surface area contributed by atoms with Crippen molar-refractivity contribution in [3.63, 3.8) is 0 Å². The molecule has 3 heteroatoms. The average molecular weight is 250 g/mol. The lowest BCUT2D eigenvalue weighted by Gasteiger charge is -2.27. The van der Waals surface area contributed by atoms with E-state index >= 15 is 0 Å². The van der Waals surface area contributed by atoms with Gasteiger partial charge >= 0.3 is 0 Å². The van der Waals surface area contributed by atoms with Crippen LogP contribution in [0.25, 0.3) is 0 Å². The third-order valence-corrected chi connectivity index (χ3v) is 3.53. The number of benzene rings is 1. The van der Waals surface area contributed by atoms with Crippen LogP contribution in [0.2, 0.25) is 0 Å². The highest BCUT2D eigenvalue weighted by Crippen LogP contribution is 2.36. The van der Waals surface area contributed by atoms with Gasteiger partial charge in [0.05, 0.1) is 12.7 Å². The van der Waals surface area contributed by atoms with E-state index in [1.165, 1.54) is 5.56 Å². The minimum atomic E-state index is -0.240. The molecule has 0 aromatic heterocycles. The van der Waals surface area contributed by atoms with E-state index in [4.69, 9.17) is 9.47 Å². The Balaban J connectivity index is 1.90. The van der Waals surface area contributed by atoms with E-state index < -0.39 is 0 Å². The van der Waals surface area contributed by atoms with Crippen LogP contribution < -0.4 is 4.74 Å². The van der Waals surface area contributed by atoms with Gasteiger partial charge in [0.25, 0.3) is 0 Å². The number of fused-ring (bicyclic) bond motifs is 1. The third kappa shape index (κ3) is 3.47. The molecule has 1 aliphatic heterocycles. The predicted molar refractivity (Wildman–Crippen MR) is 71.0 cm³/mol. The number of aliphatic hydroxyl groups excluding tert-OH is 1. The van der Waals surface area contributed by atoms with Crippen LogP contribution in [-0.2, 0) is 4.74 Å². The SMILES string of the molecule is COCCCC(O)CC1CCOc2ccccc21. The Morgan fingerprint density at radius 3 is 3.11 bits per heavy atom. The first kappa shape index (κ1) is 13.4. The number of hydrogen-bond donors (Lipinski definition) is 1. The smallest absolute Gasteiger partial charge is 0.122 e. The molecule has 100 valence electrons. The summed E-state index contributed by atoms with van der Waals surface area (Å²) in [5.74, 6) is 1.41. The highest BCUT2D eigenvalue weighted by atomic mass is 16.5. The van der Waals surface area contributed by atoms with Gasteiger partial charge in [0.1, 0.15) is 5.75 Å². The summed E-state index contributed by atoms with van der Waals surface area (Å²) in [7, 11) is 1.70. The van der Waals surface area contributed by atoms with Crippen molar-refractivity contribution in [2.45, 2.75) is 37.7 Å². The summed E-state index contributed by atoms with van der Waals surface area (Å²) >= 11 is 0. The van der Waals surface area contributed by atoms with Crippen LogP contribution >= 0.6 is 0 Å². The fourth-order valence-corrected chi connectivity index (χ4v) is 2.57. The van der Waals surface area contributed by atoms with Crippen LogP contribution in [0, 0.1) is 0 Å². The molecule has 0 bridgehead atoms. The second-order valence-corrected chi connectivity index (χ2v) is 4.90. The molecule has 0 amide bonds. The number of rotatable bonds is 6. The Kier molecular flexibility index (Phi) is 5.02. The second kappa shape index (κ2) is 6.76. The zero-order chi connectivity index (χ0) is 12.8. The Hall–Kier alpha value is -1.06. The van der Waals surface area contributed by atoms with E-state index in [0.29, 0.717) is 5.92 Å². The monoisotopic (exact) mass is 250 g/mol. The number of hydrogen-bond acceptors (Lipinski definition) is 3. The van der Waals surface area contributed by atoms with Crippen molar-refractivity contribution in [3.05, 3.63) is 29.8 Å². The molecular formula is C15H22O3. The molecule has 0 saturated carbocycles. The minimum absolute atomic E-state index is 0.240. The van der Waals surface area contributed by atoms with Gasteiger partial charge in [-0.05, 0) is 43.2 Å². The Labute approximate surface area is 109 Å². The van der Waals surface area contributed by atoms with Gasteiger partial charge in [-0.25, -0.2) is 0 Å². The first-order chi connectivity index (χ1) is 8.81. The maximum absolute atomic E-state index is 10.1. The van der Waals surface area contributed by atoms with Gasteiger partial charge in [0.15, 0.2) is 0 Å². The van der Waals surface area contributed by atoms with Crippen LogP contribution in [0.15, 0.2) is 24.3 Å². The summed E-state index contributed by atoms with van der Waals surface area (Å²) in [6.45, 7) is 1.48. The van der Waals surface area contributed by atoms with Gasteiger partial charge in [-0.3, -0.25) is 0 Å². The highest BCUT2D eigenvalue weighted by Gasteiger charge is 2.23. The first-order valence-corrected chi connectivity index (χ1v) is 6.70. The molecule has 2 rings (SSSR count). The Morgan fingerprint density at radius 2 is 2.28 bits per heavy atom. The van der Waals surface area contributed by atoms with Crippen LogP contribution in [0.4, 0.5) is 0 Å². The molecule has 18 heavy (non-hydrogen) atoms. The quantitative estimate of drug-likeness (QED) is 0.789. The van der Waals surface area contributed by atoms with Crippen molar-refractivity contribution >= 4 is 0 Å². The van der Waals surface area contributed by atoms with E-state index in [1.807, 2.05) is 18.2 Å². The number of para-hydroxylation sites is 1. The van der Waals surface area contributed by atoms with Gasteiger partial charge in [-0.15, -0.1) is 0 Å². The van der Waals surface area contributed by atoms with Crippen molar-refractivity contribution in [1.29, 1.82) is 0 Å². The molecule has 2 unspecified atom stereocenters. The topological polar surface area (TPSA) is 38.7 Å². The molecule has 0 spiro atoms. The van der Waals surface area contributed by atoms with Crippen molar-refractivity contribution in [3.8, 4) is 5.75 Å². The molecule has 0 saturated heterocycles. The van der Waals surface area contributed by atoms with Gasteiger partial charge < -0.3 is 14.6 Å². The lowest BCUT2D eigenvalue weighted by atomic mass is 9.87. The lowest BCUT2D eigenvalue weighted by Crippen LogP contribution is -2.19. The summed E-state index contributed by atoms with van der Waals surface area (Å²) in [5.41, 5.74) is 1.24. The molecule has 0 fully saturated rings. The maximum atomic E-state index is 10.1. The summed E-state index contributed by atoms with van der Waals surface area (Å²) in [4.78, 5) is 0. The molecule has 1 heterocycles. The summed E-state index contributed by atoms with van der Waals surface area (Å²) in [6.07, 6.45) is 3.31. The van der Waals surface area contributed by atoms with Crippen molar-refractivity contribution in [1.82, 2.24) is 0 Å². The first-order valence-electron chi connectivity index (χ1n) is 6.70. The van der Waals surface area contributed by atoms with Crippen molar-refractivity contribution in [2.75, 3.05) is 20.3 Å². The minimum Gasteiger partial charge on any atom is -0.493 e. The van der Waals surface area contributed by atoms with Gasteiger partial charge in [0, 0.05) is 13.7 Å². The maximum Gasteiger partial charge on any atom is 0.122 e. The van der Waals surface area contributed by atoms with E-state index in [2.05, 4.69) is 6.07 Å². The molecule has 3 nitrogen and oxygen atoms in total. The Bertz CT molecular complexity index is 365. The van der Waals surface area contributed by atoms with Crippen molar-refractivity contribution < 1.29 is 14.6 Å². The zero-order valence-corrected chi connectivity index (χ0v) is 11.0. The predicted octanol–water partition coefficient (Wildman–Crippen LogP) is 2.73. The van der Waals surface area contributed by atoms with Crippen LogP contribution in [0.3, 0.4) is 0 Å². The number of aliphatic hydroxyl groups is 1. The van der Waals surface area contributed by atoms with Crippen LogP contribution in [-0.4, -0.2) is 31.5 Å². The number of ether oxygens (including phenoxy) is 2. The largest absolute Gasteiger partial charge is 0.493 e. The van der Waals surface area contributed by atoms with Crippen LogP contribution in [0.5, 0.6) is 5.75 Å². The summed E-state index contributed by atoms with van der Waals surface area (Å²) < 4.78 is 10.6. The summed E-state index contributed by atoms with van der Waals surface area (Å²) in [6, 6.07) is 8.16. The lowest BCUT2D eigenvalue weighted by molar-refractivity contribution is 0.115. The third-order valence-electron chi connectivity index (χ3n) is 3.53. The number of methoxy groups -OCH3 is 1. The fraction of sp³-hybridized carbons (Fsp3) is 0.600. The standard InChI is InChI=1S/C15H22O3/c1-17-9-4-5-13(16)11-12-8-10-18-15-7-3-2-6-14(12)15/h2-3,6-7,12-13,16H,4-5,8-11H2,1H3. The van der Waals surface area contributed by atoms with Crippen LogP contribution in [0.1, 0.15) is 37.2 Å². The molecule has 2 atom stereocenters. The molecule has 0 radical (unpaired) electrons. The Morgan fingerprint density at radius 1 is 1.44 bits per heavy atom.